The lowest BCUT2D eigenvalue weighted by Gasteiger charge is -2.34. The predicted octanol–water partition coefficient (Wildman–Crippen LogP) is 6.63. The van der Waals surface area contributed by atoms with Crippen molar-refractivity contribution in [3.8, 4) is 0 Å². The molecular formula is C36H40ClN3O4S. The van der Waals surface area contributed by atoms with Crippen molar-refractivity contribution in [2.45, 2.75) is 64.6 Å². The maximum absolute atomic E-state index is 14.6. The number of hydrogen-bond donors (Lipinski definition) is 1. The monoisotopic (exact) mass is 645 g/mol. The number of sulfonamides is 1. The van der Waals surface area contributed by atoms with Crippen LogP contribution in [0.3, 0.4) is 0 Å². The zero-order valence-corrected chi connectivity index (χ0v) is 27.9. The third kappa shape index (κ3) is 8.74. The van der Waals surface area contributed by atoms with Gasteiger partial charge in [-0.1, -0.05) is 83.9 Å². The number of hydrogen-bond acceptors (Lipinski definition) is 4. The standard InChI is InChI=1S/C36H40ClN3O4S/c1-25(2)38-36(42)34(22-29-9-7-6-8-10-29)39(23-30-15-17-31(37)18-16-30)35(41)24-40(33-21-27(4)11-14-28(33)5)45(43,44)32-19-12-26(3)13-20-32/h6-21,25,34H,22-24H2,1-5H3,(H,38,42)/t34-/m1/s1. The van der Waals surface area contributed by atoms with E-state index in [0.717, 1.165) is 26.6 Å². The molecule has 9 heteroatoms. The molecule has 0 heterocycles. The summed E-state index contributed by atoms with van der Waals surface area (Å²) in [7, 11) is -4.17. The SMILES string of the molecule is Cc1ccc(S(=O)(=O)N(CC(=O)N(Cc2ccc(Cl)cc2)[C@H](Cc2ccccc2)C(=O)NC(C)C)c2cc(C)ccc2C)cc1. The first-order chi connectivity index (χ1) is 21.3. The normalized spacial score (nSPS) is 12.1. The summed E-state index contributed by atoms with van der Waals surface area (Å²) in [5.41, 5.74) is 4.49. The van der Waals surface area contributed by atoms with Crippen LogP contribution in [0.15, 0.2) is 102 Å². The predicted molar refractivity (Wildman–Crippen MR) is 181 cm³/mol. The van der Waals surface area contributed by atoms with Crippen molar-refractivity contribution in [2.75, 3.05) is 10.8 Å². The van der Waals surface area contributed by atoms with Gasteiger partial charge in [0.2, 0.25) is 11.8 Å². The Morgan fingerprint density at radius 2 is 1.42 bits per heavy atom. The molecular weight excluding hydrogens is 606 g/mol. The number of aryl methyl sites for hydroxylation is 3. The van der Waals surface area contributed by atoms with E-state index in [2.05, 4.69) is 5.32 Å². The van der Waals surface area contributed by atoms with Crippen molar-refractivity contribution < 1.29 is 18.0 Å². The molecule has 7 nitrogen and oxygen atoms in total. The van der Waals surface area contributed by atoms with E-state index in [0.29, 0.717) is 16.3 Å². The molecule has 4 aromatic rings. The first-order valence-corrected chi connectivity index (χ1v) is 16.7. The van der Waals surface area contributed by atoms with Gasteiger partial charge in [0.25, 0.3) is 10.0 Å². The topological polar surface area (TPSA) is 86.8 Å². The van der Waals surface area contributed by atoms with Gasteiger partial charge in [-0.2, -0.15) is 0 Å². The summed E-state index contributed by atoms with van der Waals surface area (Å²) >= 11 is 6.15. The molecule has 0 spiro atoms. The van der Waals surface area contributed by atoms with E-state index in [1.54, 1.807) is 54.6 Å². The minimum absolute atomic E-state index is 0.0736. The minimum atomic E-state index is -4.17. The Balaban J connectivity index is 1.83. The summed E-state index contributed by atoms with van der Waals surface area (Å²) in [4.78, 5) is 29.9. The molecule has 4 aromatic carbocycles. The van der Waals surface area contributed by atoms with Gasteiger partial charge in [0.1, 0.15) is 12.6 Å². The van der Waals surface area contributed by atoms with Crippen LogP contribution in [-0.4, -0.2) is 43.8 Å². The van der Waals surface area contributed by atoms with Crippen LogP contribution in [0.2, 0.25) is 5.02 Å². The van der Waals surface area contributed by atoms with Crippen LogP contribution in [0.4, 0.5) is 5.69 Å². The van der Waals surface area contributed by atoms with Crippen LogP contribution < -0.4 is 9.62 Å². The summed E-state index contributed by atoms with van der Waals surface area (Å²) in [5.74, 6) is -0.836. The number of carbonyl (C=O) groups is 2. The molecule has 0 unspecified atom stereocenters. The first-order valence-electron chi connectivity index (χ1n) is 14.9. The molecule has 0 aliphatic heterocycles. The number of nitrogens with one attached hydrogen (secondary N) is 1. The van der Waals surface area contributed by atoms with E-state index in [-0.39, 0.29) is 29.8 Å². The van der Waals surface area contributed by atoms with Gasteiger partial charge in [-0.15, -0.1) is 0 Å². The van der Waals surface area contributed by atoms with Gasteiger partial charge < -0.3 is 10.2 Å². The van der Waals surface area contributed by atoms with E-state index in [1.807, 2.05) is 77.1 Å². The zero-order chi connectivity index (χ0) is 32.7. The Morgan fingerprint density at radius 1 is 0.800 bits per heavy atom. The third-order valence-electron chi connectivity index (χ3n) is 7.49. The lowest BCUT2D eigenvalue weighted by molar-refractivity contribution is -0.140. The molecule has 0 saturated heterocycles. The molecule has 0 radical (unpaired) electrons. The highest BCUT2D eigenvalue weighted by Crippen LogP contribution is 2.29. The summed E-state index contributed by atoms with van der Waals surface area (Å²) in [5, 5.41) is 3.51. The molecule has 0 aliphatic carbocycles. The van der Waals surface area contributed by atoms with Crippen molar-refractivity contribution in [3.05, 3.63) is 130 Å². The van der Waals surface area contributed by atoms with Crippen molar-refractivity contribution in [1.29, 1.82) is 0 Å². The lowest BCUT2D eigenvalue weighted by atomic mass is 10.0. The Kier molecular flexibility index (Phi) is 11.1. The van der Waals surface area contributed by atoms with Gasteiger partial charge in [0, 0.05) is 24.0 Å². The van der Waals surface area contributed by atoms with Crippen molar-refractivity contribution in [2.24, 2.45) is 0 Å². The number of halogens is 1. The molecule has 0 bridgehead atoms. The largest absolute Gasteiger partial charge is 0.352 e. The van der Waals surface area contributed by atoms with Crippen molar-refractivity contribution >= 4 is 39.1 Å². The van der Waals surface area contributed by atoms with Gasteiger partial charge in [-0.3, -0.25) is 13.9 Å². The van der Waals surface area contributed by atoms with E-state index in [1.165, 1.54) is 4.90 Å². The zero-order valence-electron chi connectivity index (χ0n) is 26.3. The summed E-state index contributed by atoms with van der Waals surface area (Å²) in [6.45, 7) is 8.86. The van der Waals surface area contributed by atoms with Gasteiger partial charge in [0.05, 0.1) is 10.6 Å². The molecule has 236 valence electrons. The average molecular weight is 646 g/mol. The Labute approximate surface area is 271 Å². The van der Waals surface area contributed by atoms with E-state index < -0.39 is 28.5 Å². The van der Waals surface area contributed by atoms with Crippen LogP contribution in [0.25, 0.3) is 0 Å². The highest BCUT2D eigenvalue weighted by Gasteiger charge is 2.35. The van der Waals surface area contributed by atoms with Crippen LogP contribution in [0.1, 0.15) is 41.7 Å². The van der Waals surface area contributed by atoms with Gasteiger partial charge >= 0.3 is 0 Å². The molecule has 1 atom stereocenters. The fraction of sp³-hybridized carbons (Fsp3) is 0.278. The van der Waals surface area contributed by atoms with E-state index >= 15 is 0 Å². The second kappa shape index (κ2) is 14.8. The molecule has 0 aromatic heterocycles. The summed E-state index contributed by atoms with van der Waals surface area (Å²) < 4.78 is 29.7. The number of rotatable bonds is 12. The van der Waals surface area contributed by atoms with Crippen LogP contribution in [0.5, 0.6) is 0 Å². The quantitative estimate of drug-likeness (QED) is 0.188. The second-order valence-corrected chi connectivity index (χ2v) is 13.9. The molecule has 2 amide bonds. The summed E-state index contributed by atoms with van der Waals surface area (Å²) in [6.07, 6.45) is 0.243. The fourth-order valence-corrected chi connectivity index (χ4v) is 6.66. The minimum Gasteiger partial charge on any atom is -0.352 e. The Hall–Kier alpha value is -4.14. The Bertz CT molecular complexity index is 1720. The maximum atomic E-state index is 14.6. The second-order valence-electron chi connectivity index (χ2n) is 11.6. The number of amides is 2. The highest BCUT2D eigenvalue weighted by atomic mass is 35.5. The van der Waals surface area contributed by atoms with E-state index in [4.69, 9.17) is 11.6 Å². The lowest BCUT2D eigenvalue weighted by Crippen LogP contribution is -2.54. The molecule has 4 rings (SSSR count). The highest BCUT2D eigenvalue weighted by molar-refractivity contribution is 7.92. The molecule has 1 N–H and O–H groups in total. The number of nitrogens with zero attached hydrogens (tertiary/aromatic N) is 2. The van der Waals surface area contributed by atoms with Crippen LogP contribution in [0, 0.1) is 20.8 Å². The van der Waals surface area contributed by atoms with Crippen LogP contribution >= 0.6 is 11.6 Å². The molecule has 45 heavy (non-hydrogen) atoms. The van der Waals surface area contributed by atoms with E-state index in [9.17, 15) is 18.0 Å². The van der Waals surface area contributed by atoms with Crippen molar-refractivity contribution in [1.82, 2.24) is 10.2 Å². The summed E-state index contributed by atoms with van der Waals surface area (Å²) in [6, 6.07) is 27.5. The molecule has 0 aliphatic rings. The number of benzene rings is 4. The number of anilines is 1. The number of carbonyl (C=O) groups excluding carboxylic acids is 2. The van der Waals surface area contributed by atoms with Crippen molar-refractivity contribution in [3.63, 3.8) is 0 Å². The molecule has 0 saturated carbocycles. The van der Waals surface area contributed by atoms with Gasteiger partial charge in [-0.25, -0.2) is 8.42 Å². The average Bonchev–Trinajstić information content (AvgIpc) is 3.00. The smallest absolute Gasteiger partial charge is 0.264 e. The fourth-order valence-electron chi connectivity index (χ4n) is 5.06. The molecule has 0 fully saturated rings. The first kappa shape index (κ1) is 33.7. The third-order valence-corrected chi connectivity index (χ3v) is 9.52. The van der Waals surface area contributed by atoms with Gasteiger partial charge in [-0.05, 0) is 87.2 Å². The maximum Gasteiger partial charge on any atom is 0.264 e. The Morgan fingerprint density at radius 3 is 2.04 bits per heavy atom. The van der Waals surface area contributed by atoms with Crippen LogP contribution in [-0.2, 0) is 32.6 Å². The van der Waals surface area contributed by atoms with Gasteiger partial charge in [0.15, 0.2) is 0 Å².